The number of aliphatic hydroxyl groups excluding tert-OH is 3. The summed E-state index contributed by atoms with van der Waals surface area (Å²) in [7, 11) is 0. The molecule has 9 nitrogen and oxygen atoms in total. The molecule has 9 heteroatoms. The summed E-state index contributed by atoms with van der Waals surface area (Å²) in [5, 5.41) is 50.0. The lowest BCUT2D eigenvalue weighted by atomic mass is 9.55. The van der Waals surface area contributed by atoms with Gasteiger partial charge in [-0.2, -0.15) is 0 Å². The van der Waals surface area contributed by atoms with Gasteiger partial charge in [0, 0.05) is 11.8 Å². The molecule has 0 bridgehead atoms. The van der Waals surface area contributed by atoms with Crippen molar-refractivity contribution >= 4 is 11.8 Å². The van der Waals surface area contributed by atoms with Gasteiger partial charge in [0.15, 0.2) is 17.6 Å². The topological polar surface area (TPSA) is 154 Å². The van der Waals surface area contributed by atoms with Gasteiger partial charge in [-0.25, -0.2) is 4.79 Å². The van der Waals surface area contributed by atoms with E-state index in [-0.39, 0.29) is 22.8 Å². The number of carboxylic acids is 1. The molecule has 33 heavy (non-hydrogen) atoms. The molecule has 0 unspecified atom stereocenters. The number of fused-ring (bicyclic) bond motifs is 5. The molecular weight excluding hydrogens is 432 g/mol. The van der Waals surface area contributed by atoms with E-state index in [1.165, 1.54) is 0 Å². The maximum Gasteiger partial charge on any atom is 0.335 e. The van der Waals surface area contributed by atoms with E-state index in [9.17, 15) is 35.1 Å². The molecular formula is C24H30O9. The number of aryl methyl sites for hydroxylation is 1. The minimum Gasteiger partial charge on any atom is -0.504 e. The number of rotatable bonds is 3. The molecule has 180 valence electrons. The number of aliphatic carboxylic acids is 1. The van der Waals surface area contributed by atoms with E-state index in [2.05, 4.69) is 6.92 Å². The van der Waals surface area contributed by atoms with Gasteiger partial charge in [0.2, 0.25) is 6.29 Å². The van der Waals surface area contributed by atoms with E-state index in [1.54, 1.807) is 12.1 Å². The highest BCUT2D eigenvalue weighted by Crippen LogP contribution is 2.60. The van der Waals surface area contributed by atoms with Crippen LogP contribution >= 0.6 is 0 Å². The highest BCUT2D eigenvalue weighted by atomic mass is 16.7. The van der Waals surface area contributed by atoms with Gasteiger partial charge in [-0.05, 0) is 73.1 Å². The maximum absolute atomic E-state index is 12.6. The fourth-order valence-corrected chi connectivity index (χ4v) is 6.73. The molecule has 2 saturated carbocycles. The van der Waals surface area contributed by atoms with Gasteiger partial charge in [0.25, 0.3) is 0 Å². The number of carboxylic acid groups (broad SMARTS) is 1. The number of aromatic hydroxyl groups is 1. The van der Waals surface area contributed by atoms with Gasteiger partial charge in [-0.1, -0.05) is 6.92 Å². The van der Waals surface area contributed by atoms with Crippen LogP contribution in [0.2, 0.25) is 0 Å². The Morgan fingerprint density at radius 1 is 1.09 bits per heavy atom. The van der Waals surface area contributed by atoms with Crippen molar-refractivity contribution in [2.75, 3.05) is 0 Å². The summed E-state index contributed by atoms with van der Waals surface area (Å²) in [4.78, 5) is 23.9. The summed E-state index contributed by atoms with van der Waals surface area (Å²) in [6.45, 7) is 2.10. The van der Waals surface area contributed by atoms with Crippen LogP contribution in [0.15, 0.2) is 12.1 Å². The van der Waals surface area contributed by atoms with Crippen LogP contribution in [0, 0.1) is 17.3 Å². The van der Waals surface area contributed by atoms with Gasteiger partial charge < -0.3 is 35.0 Å². The summed E-state index contributed by atoms with van der Waals surface area (Å²) in [6, 6.07) is 3.34. The smallest absolute Gasteiger partial charge is 0.335 e. The fourth-order valence-electron chi connectivity index (χ4n) is 6.73. The Hall–Kier alpha value is -2.20. The lowest BCUT2D eigenvalue weighted by molar-refractivity contribution is -0.271. The fraction of sp³-hybridized carbons (Fsp3) is 0.667. The molecule has 3 aliphatic carbocycles. The van der Waals surface area contributed by atoms with Crippen LogP contribution < -0.4 is 4.74 Å². The Morgan fingerprint density at radius 2 is 1.85 bits per heavy atom. The van der Waals surface area contributed by atoms with E-state index >= 15 is 0 Å². The number of ether oxygens (including phenoxy) is 2. The highest BCUT2D eigenvalue weighted by Gasteiger charge is 2.55. The van der Waals surface area contributed by atoms with Gasteiger partial charge >= 0.3 is 5.97 Å². The van der Waals surface area contributed by atoms with Crippen LogP contribution in [0.5, 0.6) is 11.5 Å². The van der Waals surface area contributed by atoms with Crippen molar-refractivity contribution in [2.45, 2.75) is 82.1 Å². The van der Waals surface area contributed by atoms with E-state index in [4.69, 9.17) is 9.47 Å². The number of aliphatic hydroxyl groups is 3. The Morgan fingerprint density at radius 3 is 2.58 bits per heavy atom. The third-order valence-electron chi connectivity index (χ3n) is 8.57. The minimum atomic E-state index is -1.82. The van der Waals surface area contributed by atoms with E-state index in [0.29, 0.717) is 24.0 Å². The Bertz CT molecular complexity index is 977. The summed E-state index contributed by atoms with van der Waals surface area (Å²) in [5.41, 5.74) is 1.79. The predicted molar refractivity (Wildman–Crippen MR) is 113 cm³/mol. The summed E-state index contributed by atoms with van der Waals surface area (Å²) < 4.78 is 10.9. The van der Waals surface area contributed by atoms with Gasteiger partial charge in [-0.15, -0.1) is 0 Å². The number of hydrogen-bond acceptors (Lipinski definition) is 8. The monoisotopic (exact) mass is 462 g/mol. The van der Waals surface area contributed by atoms with Gasteiger partial charge in [-0.3, -0.25) is 4.79 Å². The number of carbonyl (C=O) groups excluding carboxylic acids is 1. The normalized spacial score (nSPS) is 42.2. The molecule has 1 aromatic rings. The van der Waals surface area contributed by atoms with Gasteiger partial charge in [0.1, 0.15) is 24.1 Å². The summed E-state index contributed by atoms with van der Waals surface area (Å²) in [6.07, 6.45) is -3.73. The zero-order chi connectivity index (χ0) is 23.7. The van der Waals surface area contributed by atoms with Crippen molar-refractivity contribution < 1.29 is 44.6 Å². The molecule has 0 spiro atoms. The summed E-state index contributed by atoms with van der Waals surface area (Å²) >= 11 is 0. The lowest BCUT2D eigenvalue weighted by Crippen LogP contribution is -2.61. The van der Waals surface area contributed by atoms with Crippen molar-refractivity contribution in [1.82, 2.24) is 0 Å². The maximum atomic E-state index is 12.6. The molecule has 1 saturated heterocycles. The minimum absolute atomic E-state index is 0.0158. The largest absolute Gasteiger partial charge is 0.504 e. The first-order chi connectivity index (χ1) is 15.6. The van der Waals surface area contributed by atoms with Crippen molar-refractivity contribution in [3.8, 4) is 11.5 Å². The van der Waals surface area contributed by atoms with Crippen molar-refractivity contribution in [3.63, 3.8) is 0 Å². The molecule has 0 aromatic heterocycles. The third-order valence-corrected chi connectivity index (χ3v) is 8.57. The average Bonchev–Trinajstić information content (AvgIpc) is 3.08. The van der Waals surface area contributed by atoms with Crippen molar-refractivity contribution in [3.05, 3.63) is 23.3 Å². The van der Waals surface area contributed by atoms with Crippen LogP contribution in [-0.2, 0) is 20.7 Å². The number of benzene rings is 1. The molecule has 0 radical (unpaired) electrons. The SMILES string of the molecule is C[C@]12CC[C@@H]3c4cc(O[C@@H]5O[C@H](C(=O)O)[C@@H](O)[C@H](O)[C@H]5O)c(O)cc4CC[C@H]3[C@@H]1CCC2=O. The number of phenols is 1. The van der Waals surface area contributed by atoms with Crippen LogP contribution in [-0.4, -0.2) is 68.0 Å². The second-order valence-electron chi connectivity index (χ2n) is 10.2. The van der Waals surface area contributed by atoms with Crippen molar-refractivity contribution in [1.29, 1.82) is 0 Å². The summed E-state index contributed by atoms with van der Waals surface area (Å²) in [5.74, 6) is -0.373. The standard InChI is InChI=1S/C24H30O9/c1-24-7-6-11-12(14(24)4-5-17(24)26)3-2-10-8-15(25)16(9-13(10)11)32-23-20(29)18(27)19(28)21(33-23)22(30)31/h8-9,11-12,14,18-21,23,25,27-29H,2-7H2,1H3,(H,30,31)/t11-,12+,14-,18-,19-,20+,21-,23+,24-/m0/s1. The van der Waals surface area contributed by atoms with E-state index in [1.807, 2.05) is 0 Å². The molecule has 4 aliphatic rings. The van der Waals surface area contributed by atoms with E-state index in [0.717, 1.165) is 43.2 Å². The predicted octanol–water partition coefficient (Wildman–Crippen LogP) is 1.09. The van der Waals surface area contributed by atoms with Crippen LogP contribution in [0.3, 0.4) is 0 Å². The molecule has 9 atom stereocenters. The van der Waals surface area contributed by atoms with Crippen molar-refractivity contribution in [2.24, 2.45) is 17.3 Å². The van der Waals surface area contributed by atoms with Crippen LogP contribution in [0.1, 0.15) is 56.1 Å². The highest BCUT2D eigenvalue weighted by molar-refractivity contribution is 5.87. The first-order valence-corrected chi connectivity index (χ1v) is 11.6. The Labute approximate surface area is 190 Å². The number of hydrogen-bond donors (Lipinski definition) is 5. The third kappa shape index (κ3) is 3.44. The molecule has 1 aliphatic heterocycles. The zero-order valence-corrected chi connectivity index (χ0v) is 18.4. The van der Waals surface area contributed by atoms with Crippen LogP contribution in [0.4, 0.5) is 0 Å². The first-order valence-electron chi connectivity index (χ1n) is 11.6. The molecule has 3 fully saturated rings. The molecule has 0 amide bonds. The Kier molecular flexibility index (Phi) is 5.43. The second-order valence-corrected chi connectivity index (χ2v) is 10.2. The number of phenolic OH excluding ortho intramolecular Hbond substituents is 1. The lowest BCUT2D eigenvalue weighted by Gasteiger charge is -2.48. The average molecular weight is 462 g/mol. The number of Topliss-reactive ketones (excluding diaryl/α,β-unsaturated/α-hetero) is 1. The quantitative estimate of drug-likeness (QED) is 0.444. The molecule has 5 rings (SSSR count). The molecule has 1 aromatic carbocycles. The zero-order valence-electron chi connectivity index (χ0n) is 18.4. The second kappa shape index (κ2) is 7.94. The van der Waals surface area contributed by atoms with Gasteiger partial charge in [0.05, 0.1) is 0 Å². The Balaban J connectivity index is 1.42. The first kappa shape index (κ1) is 22.6. The van der Waals surface area contributed by atoms with Crippen LogP contribution in [0.25, 0.3) is 0 Å². The molecule has 5 N–H and O–H groups in total. The molecule has 1 heterocycles. The van der Waals surface area contributed by atoms with E-state index < -0.39 is 36.7 Å². The number of ketones is 1. The number of carbonyl (C=O) groups is 2.